The number of rotatable bonds is 3. The minimum atomic E-state index is -0.132. The van der Waals surface area contributed by atoms with Crippen LogP contribution in [-0.4, -0.2) is 30.8 Å². The van der Waals surface area contributed by atoms with Crippen LogP contribution >= 0.6 is 0 Å². The van der Waals surface area contributed by atoms with Gasteiger partial charge in [0.25, 0.3) is 5.88 Å². The Hall–Kier alpha value is -1.29. The highest BCUT2D eigenvalue weighted by molar-refractivity contribution is 5.32. The molecule has 2 rings (SSSR count). The molecule has 0 saturated carbocycles. The predicted molar refractivity (Wildman–Crippen MR) is 61.9 cm³/mol. The maximum absolute atomic E-state index is 5.99. The quantitative estimate of drug-likeness (QED) is 0.843. The van der Waals surface area contributed by atoms with Crippen molar-refractivity contribution >= 4 is 0 Å². The van der Waals surface area contributed by atoms with Gasteiger partial charge in [0.15, 0.2) is 5.75 Å². The summed E-state index contributed by atoms with van der Waals surface area (Å²) in [6.07, 6.45) is 3.71. The van der Waals surface area contributed by atoms with Crippen LogP contribution in [0.1, 0.15) is 19.8 Å². The summed E-state index contributed by atoms with van der Waals surface area (Å²) in [6, 6.07) is 3.71. The van der Waals surface area contributed by atoms with Crippen LogP contribution in [0.5, 0.6) is 11.6 Å². The van der Waals surface area contributed by atoms with E-state index in [4.69, 9.17) is 9.47 Å². The monoisotopic (exact) mass is 222 g/mol. The number of hydrogen-bond acceptors (Lipinski definition) is 4. The number of methoxy groups -OCH3 is 1. The van der Waals surface area contributed by atoms with Gasteiger partial charge < -0.3 is 14.8 Å². The van der Waals surface area contributed by atoms with Crippen molar-refractivity contribution in [2.75, 3.05) is 20.2 Å². The average Bonchev–Trinajstić information content (AvgIpc) is 2.30. The lowest BCUT2D eigenvalue weighted by molar-refractivity contribution is 0.0477. The molecule has 0 amide bonds. The molecule has 4 heteroatoms. The molecule has 1 fully saturated rings. The summed E-state index contributed by atoms with van der Waals surface area (Å²) in [5.41, 5.74) is -0.132. The van der Waals surface area contributed by atoms with Crippen LogP contribution in [0, 0.1) is 0 Å². The van der Waals surface area contributed by atoms with Crippen molar-refractivity contribution in [3.63, 3.8) is 0 Å². The minimum absolute atomic E-state index is 0.132. The second kappa shape index (κ2) is 4.70. The zero-order valence-electron chi connectivity index (χ0n) is 9.82. The summed E-state index contributed by atoms with van der Waals surface area (Å²) >= 11 is 0. The molecule has 2 heterocycles. The van der Waals surface area contributed by atoms with Crippen LogP contribution in [0.3, 0.4) is 0 Å². The van der Waals surface area contributed by atoms with E-state index in [-0.39, 0.29) is 5.60 Å². The van der Waals surface area contributed by atoms with Gasteiger partial charge in [0, 0.05) is 6.20 Å². The van der Waals surface area contributed by atoms with Crippen LogP contribution < -0.4 is 14.8 Å². The molecule has 1 aliphatic heterocycles. The Bertz CT molecular complexity index is 349. The van der Waals surface area contributed by atoms with Gasteiger partial charge in [-0.05, 0) is 45.0 Å². The SMILES string of the molecule is COc1cccnc1OC1(C)CCNCC1. The number of nitrogens with one attached hydrogen (secondary N) is 1. The molecular formula is C12H18N2O2. The number of hydrogen-bond donors (Lipinski definition) is 1. The minimum Gasteiger partial charge on any atom is -0.491 e. The standard InChI is InChI=1S/C12H18N2O2/c1-12(5-8-13-9-6-12)16-11-10(15-2)4-3-7-14-11/h3-4,7,13H,5-6,8-9H2,1-2H3. The summed E-state index contributed by atoms with van der Waals surface area (Å²) < 4.78 is 11.2. The lowest BCUT2D eigenvalue weighted by Crippen LogP contribution is -2.44. The van der Waals surface area contributed by atoms with Gasteiger partial charge in [-0.1, -0.05) is 0 Å². The number of aromatic nitrogens is 1. The largest absolute Gasteiger partial charge is 0.491 e. The van der Waals surface area contributed by atoms with E-state index in [0.29, 0.717) is 11.6 Å². The fourth-order valence-electron chi connectivity index (χ4n) is 1.90. The van der Waals surface area contributed by atoms with Gasteiger partial charge in [0.2, 0.25) is 0 Å². The molecule has 1 aromatic rings. The third kappa shape index (κ3) is 2.44. The normalized spacial score (nSPS) is 19.1. The van der Waals surface area contributed by atoms with Crippen molar-refractivity contribution in [1.29, 1.82) is 0 Å². The molecule has 1 saturated heterocycles. The smallest absolute Gasteiger partial charge is 0.257 e. The second-order valence-electron chi connectivity index (χ2n) is 4.31. The molecule has 0 atom stereocenters. The van der Waals surface area contributed by atoms with E-state index in [1.54, 1.807) is 13.3 Å². The van der Waals surface area contributed by atoms with Crippen LogP contribution in [0.2, 0.25) is 0 Å². The lowest BCUT2D eigenvalue weighted by atomic mass is 9.95. The van der Waals surface area contributed by atoms with Crippen molar-refractivity contribution in [3.8, 4) is 11.6 Å². The molecule has 4 nitrogen and oxygen atoms in total. The number of nitrogens with zero attached hydrogens (tertiary/aromatic N) is 1. The third-order valence-corrected chi connectivity index (χ3v) is 2.96. The van der Waals surface area contributed by atoms with Gasteiger partial charge in [-0.25, -0.2) is 4.98 Å². The Balaban J connectivity index is 2.12. The maximum Gasteiger partial charge on any atom is 0.257 e. The summed E-state index contributed by atoms with van der Waals surface area (Å²) in [5.74, 6) is 1.29. The second-order valence-corrected chi connectivity index (χ2v) is 4.31. The summed E-state index contributed by atoms with van der Waals surface area (Å²) in [6.45, 7) is 4.11. The van der Waals surface area contributed by atoms with Crippen molar-refractivity contribution < 1.29 is 9.47 Å². The summed E-state index contributed by atoms with van der Waals surface area (Å²) in [7, 11) is 1.63. The van der Waals surface area contributed by atoms with Crippen LogP contribution in [-0.2, 0) is 0 Å². The molecule has 1 N–H and O–H groups in total. The molecule has 0 aliphatic carbocycles. The first-order valence-electron chi connectivity index (χ1n) is 5.62. The van der Waals surface area contributed by atoms with Crippen LogP contribution in [0.25, 0.3) is 0 Å². The highest BCUT2D eigenvalue weighted by atomic mass is 16.5. The highest BCUT2D eigenvalue weighted by Crippen LogP contribution is 2.30. The molecule has 88 valence electrons. The Morgan fingerprint density at radius 2 is 2.12 bits per heavy atom. The topological polar surface area (TPSA) is 43.4 Å². The average molecular weight is 222 g/mol. The molecule has 0 unspecified atom stereocenters. The Labute approximate surface area is 96.0 Å². The third-order valence-electron chi connectivity index (χ3n) is 2.96. The van der Waals surface area contributed by atoms with E-state index in [1.807, 2.05) is 12.1 Å². The van der Waals surface area contributed by atoms with E-state index in [1.165, 1.54) is 0 Å². The Morgan fingerprint density at radius 1 is 1.38 bits per heavy atom. The first-order chi connectivity index (χ1) is 7.73. The van der Waals surface area contributed by atoms with E-state index >= 15 is 0 Å². The van der Waals surface area contributed by atoms with E-state index < -0.39 is 0 Å². The van der Waals surface area contributed by atoms with Gasteiger partial charge in [-0.2, -0.15) is 0 Å². The fraction of sp³-hybridized carbons (Fsp3) is 0.583. The molecule has 1 aromatic heterocycles. The van der Waals surface area contributed by atoms with Crippen molar-refractivity contribution in [2.24, 2.45) is 0 Å². The first kappa shape index (κ1) is 11.2. The highest BCUT2D eigenvalue weighted by Gasteiger charge is 2.30. The molecule has 16 heavy (non-hydrogen) atoms. The van der Waals surface area contributed by atoms with Gasteiger partial charge in [0.05, 0.1) is 7.11 Å². The summed E-state index contributed by atoms with van der Waals surface area (Å²) in [5, 5.41) is 3.32. The van der Waals surface area contributed by atoms with Gasteiger partial charge in [-0.3, -0.25) is 0 Å². The van der Waals surface area contributed by atoms with Crippen molar-refractivity contribution in [1.82, 2.24) is 10.3 Å². The number of pyridine rings is 1. The number of ether oxygens (including phenoxy) is 2. The van der Waals surface area contributed by atoms with Crippen LogP contribution in [0.4, 0.5) is 0 Å². The first-order valence-corrected chi connectivity index (χ1v) is 5.62. The van der Waals surface area contributed by atoms with Crippen LogP contribution in [0.15, 0.2) is 18.3 Å². The Kier molecular flexibility index (Phi) is 3.29. The Morgan fingerprint density at radius 3 is 2.81 bits per heavy atom. The molecule has 0 bridgehead atoms. The van der Waals surface area contributed by atoms with Gasteiger partial charge >= 0.3 is 0 Å². The summed E-state index contributed by atoms with van der Waals surface area (Å²) in [4.78, 5) is 4.22. The van der Waals surface area contributed by atoms with Crippen molar-refractivity contribution in [3.05, 3.63) is 18.3 Å². The lowest BCUT2D eigenvalue weighted by Gasteiger charge is -2.34. The molecular weight excluding hydrogens is 204 g/mol. The molecule has 1 aliphatic rings. The fourth-order valence-corrected chi connectivity index (χ4v) is 1.90. The predicted octanol–water partition coefficient (Wildman–Crippen LogP) is 1.61. The maximum atomic E-state index is 5.99. The van der Waals surface area contributed by atoms with E-state index in [0.717, 1.165) is 25.9 Å². The molecule has 0 spiro atoms. The van der Waals surface area contributed by atoms with E-state index in [2.05, 4.69) is 17.2 Å². The number of piperidine rings is 1. The molecule has 0 aromatic carbocycles. The zero-order valence-corrected chi connectivity index (χ0v) is 9.82. The van der Waals surface area contributed by atoms with E-state index in [9.17, 15) is 0 Å². The zero-order chi connectivity index (χ0) is 11.4. The van der Waals surface area contributed by atoms with Crippen molar-refractivity contribution in [2.45, 2.75) is 25.4 Å². The molecule has 0 radical (unpaired) electrons. The van der Waals surface area contributed by atoms with Gasteiger partial charge in [-0.15, -0.1) is 0 Å². The van der Waals surface area contributed by atoms with Gasteiger partial charge in [0.1, 0.15) is 5.60 Å².